The lowest BCUT2D eigenvalue weighted by Crippen LogP contribution is -2.47. The molecule has 10 heteroatoms. The maximum Gasteiger partial charge on any atom is 0.306 e. The first-order chi connectivity index (χ1) is 34.4. The zero-order chi connectivity index (χ0) is 52.2. The summed E-state index contributed by atoms with van der Waals surface area (Å²) in [4.78, 5) is 39.8. The third-order valence-corrected chi connectivity index (χ3v) is 13.6. The molecule has 0 aromatic carbocycles. The van der Waals surface area contributed by atoms with E-state index in [2.05, 4.69) is 86.8 Å². The lowest BCUT2D eigenvalue weighted by atomic mass is 10.1. The first kappa shape index (κ1) is 68.5. The molecule has 1 amide bonds. The van der Waals surface area contributed by atoms with Gasteiger partial charge in [0.15, 0.2) is 0 Å². The molecular formula is C61H111N2O7P. The number of allylic oxidation sites excluding steroid dienone is 11. The van der Waals surface area contributed by atoms with Gasteiger partial charge in [-0.3, -0.25) is 14.2 Å². The third kappa shape index (κ3) is 52.1. The molecule has 0 spiro atoms. The van der Waals surface area contributed by atoms with Gasteiger partial charge in [-0.15, -0.1) is 0 Å². The van der Waals surface area contributed by atoms with Gasteiger partial charge in [0, 0.05) is 12.8 Å². The molecule has 0 aromatic heterocycles. The van der Waals surface area contributed by atoms with Crippen molar-refractivity contribution in [2.75, 3.05) is 40.9 Å². The van der Waals surface area contributed by atoms with E-state index in [4.69, 9.17) is 13.8 Å². The number of ether oxygens (including phenoxy) is 1. The molecule has 0 saturated carbocycles. The fourth-order valence-corrected chi connectivity index (χ4v) is 8.75. The fraction of sp³-hybridized carbons (Fsp3) is 0.770. The summed E-state index contributed by atoms with van der Waals surface area (Å²) in [7, 11) is 1.15. The van der Waals surface area contributed by atoms with Crippen molar-refractivity contribution in [2.45, 2.75) is 264 Å². The summed E-state index contributed by atoms with van der Waals surface area (Å²) in [5, 5.41) is 3.00. The number of unbranched alkanes of at least 4 members (excludes halogenated alkanes) is 26. The average molecular weight is 1020 g/mol. The lowest BCUT2D eigenvalue weighted by molar-refractivity contribution is -0.870. The highest BCUT2D eigenvalue weighted by Gasteiger charge is 2.27. The average Bonchev–Trinajstić information content (AvgIpc) is 3.33. The molecule has 9 nitrogen and oxygen atoms in total. The zero-order valence-corrected chi connectivity index (χ0v) is 47.8. The molecule has 1 N–H and O–H groups in total. The number of amides is 1. The summed E-state index contributed by atoms with van der Waals surface area (Å²) in [6.07, 6.45) is 64.3. The van der Waals surface area contributed by atoms with E-state index in [0.29, 0.717) is 17.4 Å². The molecule has 0 aliphatic heterocycles. The van der Waals surface area contributed by atoms with Crippen molar-refractivity contribution in [3.8, 4) is 0 Å². The molecular weight excluding hydrogens is 904 g/mol. The minimum absolute atomic E-state index is 0.0317. The largest absolute Gasteiger partial charge is 0.756 e. The predicted octanol–water partition coefficient (Wildman–Crippen LogP) is 17.0. The van der Waals surface area contributed by atoms with E-state index in [9.17, 15) is 19.0 Å². The van der Waals surface area contributed by atoms with Crippen LogP contribution in [0.15, 0.2) is 72.9 Å². The summed E-state index contributed by atoms with van der Waals surface area (Å²) in [5.74, 6) is -0.584. The summed E-state index contributed by atoms with van der Waals surface area (Å²) >= 11 is 0. The number of quaternary nitrogens is 1. The van der Waals surface area contributed by atoms with Crippen molar-refractivity contribution >= 4 is 19.7 Å². The Kier molecular flexibility index (Phi) is 49.1. The molecule has 3 atom stereocenters. The Labute approximate surface area is 438 Å². The van der Waals surface area contributed by atoms with E-state index < -0.39 is 26.6 Å². The number of hydrogen-bond donors (Lipinski definition) is 1. The summed E-state index contributed by atoms with van der Waals surface area (Å²) in [6, 6.07) is -0.908. The molecule has 0 bridgehead atoms. The van der Waals surface area contributed by atoms with Gasteiger partial charge in [-0.05, 0) is 102 Å². The topological polar surface area (TPSA) is 114 Å². The quantitative estimate of drug-likeness (QED) is 0.0212. The number of carbonyl (C=O) groups excluding carboxylic acids is 2. The van der Waals surface area contributed by atoms with Crippen LogP contribution in [0.4, 0.5) is 0 Å². The maximum absolute atomic E-state index is 13.5. The molecule has 412 valence electrons. The van der Waals surface area contributed by atoms with Gasteiger partial charge in [0.05, 0.1) is 33.8 Å². The first-order valence-corrected chi connectivity index (χ1v) is 30.7. The SMILES string of the molecule is CCCCC/C=C\C/C=C\C/C=C\C/C=C\CCCCCC(=O)NC(COP(=O)([O-])OCC[N+](C)(C)C)C(/C=C\CCCCCCCCCCC)OC(=O)CCCCCCCCC/C=C\CCCCCC. The molecule has 71 heavy (non-hydrogen) atoms. The minimum Gasteiger partial charge on any atom is -0.756 e. The van der Waals surface area contributed by atoms with Crippen molar-refractivity contribution in [3.05, 3.63) is 72.9 Å². The van der Waals surface area contributed by atoms with Crippen LogP contribution < -0.4 is 10.2 Å². The second-order valence-electron chi connectivity index (χ2n) is 20.8. The maximum atomic E-state index is 13.5. The lowest BCUT2D eigenvalue weighted by Gasteiger charge is -2.30. The second kappa shape index (κ2) is 51.0. The Morgan fingerprint density at radius 3 is 1.35 bits per heavy atom. The van der Waals surface area contributed by atoms with E-state index in [1.54, 1.807) is 0 Å². The number of nitrogens with zero attached hydrogens (tertiary/aromatic N) is 1. The summed E-state index contributed by atoms with van der Waals surface area (Å²) in [6.45, 7) is 6.76. The van der Waals surface area contributed by atoms with Gasteiger partial charge in [0.2, 0.25) is 5.91 Å². The van der Waals surface area contributed by atoms with Crippen molar-refractivity contribution in [1.82, 2.24) is 5.32 Å². The number of hydrogen-bond acceptors (Lipinski definition) is 7. The van der Waals surface area contributed by atoms with Crippen LogP contribution in [0, 0.1) is 0 Å². The second-order valence-corrected chi connectivity index (χ2v) is 22.2. The first-order valence-electron chi connectivity index (χ1n) is 29.2. The van der Waals surface area contributed by atoms with Crippen LogP contribution in [0.2, 0.25) is 0 Å². The molecule has 0 heterocycles. The predicted molar refractivity (Wildman–Crippen MR) is 302 cm³/mol. The van der Waals surface area contributed by atoms with Gasteiger partial charge in [0.25, 0.3) is 7.82 Å². The highest BCUT2D eigenvalue weighted by Crippen LogP contribution is 2.38. The zero-order valence-electron chi connectivity index (χ0n) is 46.9. The molecule has 0 fully saturated rings. The number of likely N-dealkylation sites (N-methyl/N-ethyl adjacent to an activating group) is 1. The van der Waals surface area contributed by atoms with Crippen LogP contribution in [0.5, 0.6) is 0 Å². The minimum atomic E-state index is -4.71. The van der Waals surface area contributed by atoms with Gasteiger partial charge in [-0.1, -0.05) is 210 Å². The van der Waals surface area contributed by atoms with Gasteiger partial charge < -0.3 is 28.5 Å². The van der Waals surface area contributed by atoms with E-state index in [-0.39, 0.29) is 31.3 Å². The van der Waals surface area contributed by atoms with Crippen LogP contribution >= 0.6 is 7.82 Å². The number of nitrogens with one attached hydrogen (secondary N) is 1. The number of phosphoric acid groups is 1. The fourth-order valence-electron chi connectivity index (χ4n) is 8.03. The number of carbonyl (C=O) groups is 2. The molecule has 0 rings (SSSR count). The Hall–Kier alpha value is -2.55. The highest BCUT2D eigenvalue weighted by molar-refractivity contribution is 7.45. The highest BCUT2D eigenvalue weighted by atomic mass is 31.2. The smallest absolute Gasteiger partial charge is 0.306 e. The molecule has 0 aliphatic carbocycles. The molecule has 0 aliphatic rings. The monoisotopic (exact) mass is 1010 g/mol. The molecule has 0 saturated heterocycles. The van der Waals surface area contributed by atoms with Crippen LogP contribution in [0.1, 0.15) is 252 Å². The van der Waals surface area contributed by atoms with Crippen LogP contribution in [-0.4, -0.2) is 69.4 Å². The molecule has 0 aromatic rings. The van der Waals surface area contributed by atoms with Crippen molar-refractivity contribution in [3.63, 3.8) is 0 Å². The Balaban J connectivity index is 5.36. The van der Waals surface area contributed by atoms with Crippen LogP contribution in [0.25, 0.3) is 0 Å². The number of esters is 1. The van der Waals surface area contributed by atoms with E-state index in [1.807, 2.05) is 33.3 Å². The normalized spacial score (nSPS) is 14.3. The number of rotatable bonds is 52. The van der Waals surface area contributed by atoms with Gasteiger partial charge >= 0.3 is 5.97 Å². The van der Waals surface area contributed by atoms with E-state index in [0.717, 1.165) is 89.9 Å². The Morgan fingerprint density at radius 1 is 0.493 bits per heavy atom. The van der Waals surface area contributed by atoms with Gasteiger partial charge in [-0.2, -0.15) is 0 Å². The van der Waals surface area contributed by atoms with Crippen LogP contribution in [-0.2, 0) is 27.9 Å². The Morgan fingerprint density at radius 2 is 0.859 bits per heavy atom. The van der Waals surface area contributed by atoms with Crippen molar-refractivity contribution in [2.24, 2.45) is 0 Å². The number of phosphoric ester groups is 1. The Bertz CT molecular complexity index is 1450. The summed E-state index contributed by atoms with van der Waals surface area (Å²) in [5.41, 5.74) is 0. The third-order valence-electron chi connectivity index (χ3n) is 12.6. The van der Waals surface area contributed by atoms with Gasteiger partial charge in [0.1, 0.15) is 19.3 Å². The van der Waals surface area contributed by atoms with Crippen LogP contribution in [0.3, 0.4) is 0 Å². The van der Waals surface area contributed by atoms with Crippen molar-refractivity contribution in [1.29, 1.82) is 0 Å². The molecule has 0 radical (unpaired) electrons. The van der Waals surface area contributed by atoms with Crippen molar-refractivity contribution < 1.29 is 37.3 Å². The van der Waals surface area contributed by atoms with E-state index in [1.165, 1.54) is 122 Å². The van der Waals surface area contributed by atoms with E-state index >= 15 is 0 Å². The summed E-state index contributed by atoms with van der Waals surface area (Å²) < 4.78 is 30.2. The standard InChI is InChI=1S/C61H111N2O7P/c1-7-10-13-16-19-22-25-27-29-30-31-32-34-35-38-41-44-47-50-53-60(64)62-58(57-69-71(66,67)68-56-55-63(4,5)6)59(52-49-46-43-40-37-24-21-18-15-12-9-3)70-61(65)54-51-48-45-42-39-36-33-28-26-23-20-17-14-11-8-2/h19,22-23,26-27,29,31-32,35,38,49,52,58-59H,7-18,20-21,24-25,28,30,33-34,36-37,39-48,50-51,53-57H2,1-6H3,(H-,62,64,66,67)/b22-19-,26-23-,29-27-,32-31-,38-35-,52-49-. The van der Waals surface area contributed by atoms with Gasteiger partial charge in [-0.25, -0.2) is 0 Å². The molecule has 3 unspecified atom stereocenters.